The van der Waals surface area contributed by atoms with Gasteiger partial charge in [-0.15, -0.1) is 0 Å². The fraction of sp³-hybridized carbons (Fsp3) is 0.182. The van der Waals surface area contributed by atoms with Gasteiger partial charge in [-0.1, -0.05) is 37.0 Å². The van der Waals surface area contributed by atoms with Gasteiger partial charge in [0, 0.05) is 11.9 Å². The van der Waals surface area contributed by atoms with E-state index in [0.717, 1.165) is 17.7 Å². The highest BCUT2D eigenvalue weighted by Gasteiger charge is 1.84. The maximum Gasteiger partial charge on any atom is 0.0337 e. The first-order chi connectivity index (χ1) is 5.79. The van der Waals surface area contributed by atoms with Crippen LogP contribution in [-0.4, -0.2) is 6.21 Å². The summed E-state index contributed by atoms with van der Waals surface area (Å²) in [7, 11) is 0. The average Bonchev–Trinajstić information content (AvgIpc) is 2.07. The highest BCUT2D eigenvalue weighted by Crippen LogP contribution is 2.01. The average molecular weight is 159 g/mol. The quantitative estimate of drug-likeness (QED) is 0.515. The predicted octanol–water partition coefficient (Wildman–Crippen LogP) is 3.03. The van der Waals surface area contributed by atoms with Gasteiger partial charge in [-0.3, -0.25) is 4.99 Å². The molecule has 0 aliphatic carbocycles. The second-order valence-electron chi connectivity index (χ2n) is 2.70. The maximum absolute atomic E-state index is 4.22. The van der Waals surface area contributed by atoms with Crippen molar-refractivity contribution in [2.75, 3.05) is 0 Å². The SMILES string of the molecule is C=C1/C=C\C=C/C/C=C(C)\N=C/1. The highest BCUT2D eigenvalue weighted by molar-refractivity contribution is 5.82. The van der Waals surface area contributed by atoms with Crippen LogP contribution in [0.3, 0.4) is 0 Å². The smallest absolute Gasteiger partial charge is 0.0337 e. The Kier molecular flexibility index (Phi) is 3.27. The zero-order valence-corrected chi connectivity index (χ0v) is 7.33. The second kappa shape index (κ2) is 4.50. The standard InChI is InChI=1S/C11H13N/c1-10-7-5-3-4-6-8-11(2)12-9-10/h3-5,7-9H,1,6H2,2H3/b4-3-,7-5-,11-8-,12-9-. The van der Waals surface area contributed by atoms with Crippen LogP contribution in [0, 0.1) is 0 Å². The van der Waals surface area contributed by atoms with E-state index < -0.39 is 0 Å². The lowest BCUT2D eigenvalue weighted by atomic mass is 10.2. The molecule has 1 rings (SSSR count). The molecule has 0 bridgehead atoms. The summed E-state index contributed by atoms with van der Waals surface area (Å²) in [6, 6.07) is 0. The number of nitrogens with zero attached hydrogens (tertiary/aromatic N) is 1. The molecule has 1 heteroatoms. The number of hydrogen-bond acceptors (Lipinski definition) is 1. The molecule has 0 saturated carbocycles. The molecule has 0 aromatic rings. The molecular formula is C11H13N. The van der Waals surface area contributed by atoms with Crippen LogP contribution in [-0.2, 0) is 0 Å². The highest BCUT2D eigenvalue weighted by atomic mass is 14.7. The predicted molar refractivity (Wildman–Crippen MR) is 54.3 cm³/mol. The van der Waals surface area contributed by atoms with Gasteiger partial charge in [0.15, 0.2) is 0 Å². The molecule has 1 aliphatic heterocycles. The van der Waals surface area contributed by atoms with E-state index in [-0.39, 0.29) is 0 Å². The molecule has 0 fully saturated rings. The van der Waals surface area contributed by atoms with E-state index in [4.69, 9.17) is 0 Å². The molecule has 12 heavy (non-hydrogen) atoms. The van der Waals surface area contributed by atoms with Crippen LogP contribution in [0.4, 0.5) is 0 Å². The van der Waals surface area contributed by atoms with Crippen LogP contribution < -0.4 is 0 Å². The fourth-order valence-electron chi connectivity index (χ4n) is 0.855. The van der Waals surface area contributed by atoms with E-state index in [1.807, 2.05) is 25.2 Å². The van der Waals surface area contributed by atoms with E-state index >= 15 is 0 Å². The Bertz CT molecular complexity index is 273. The third-order valence-electron chi connectivity index (χ3n) is 1.54. The zero-order chi connectivity index (χ0) is 8.81. The van der Waals surface area contributed by atoms with Gasteiger partial charge in [-0.2, -0.15) is 0 Å². The van der Waals surface area contributed by atoms with Gasteiger partial charge in [0.05, 0.1) is 0 Å². The summed E-state index contributed by atoms with van der Waals surface area (Å²) in [6.07, 6.45) is 12.8. The van der Waals surface area contributed by atoms with Gasteiger partial charge in [0.2, 0.25) is 0 Å². The van der Waals surface area contributed by atoms with E-state index in [0.29, 0.717) is 0 Å². The summed E-state index contributed by atoms with van der Waals surface area (Å²) in [5, 5.41) is 0. The molecule has 0 atom stereocenters. The molecule has 1 nitrogen and oxygen atoms in total. The van der Waals surface area contributed by atoms with Gasteiger partial charge < -0.3 is 0 Å². The van der Waals surface area contributed by atoms with E-state index in [1.54, 1.807) is 6.21 Å². The topological polar surface area (TPSA) is 12.4 Å². The Labute approximate surface area is 73.5 Å². The third kappa shape index (κ3) is 3.15. The minimum atomic E-state index is 0.925. The third-order valence-corrected chi connectivity index (χ3v) is 1.54. The van der Waals surface area contributed by atoms with Crippen LogP contribution in [0.2, 0.25) is 0 Å². The molecule has 0 radical (unpaired) electrons. The molecule has 0 unspecified atom stereocenters. The first-order valence-corrected chi connectivity index (χ1v) is 4.02. The summed E-state index contributed by atoms with van der Waals surface area (Å²) >= 11 is 0. The zero-order valence-electron chi connectivity index (χ0n) is 7.33. The molecule has 0 saturated heterocycles. The number of rotatable bonds is 0. The van der Waals surface area contributed by atoms with E-state index in [2.05, 4.69) is 23.7 Å². The Morgan fingerprint density at radius 2 is 2.25 bits per heavy atom. The van der Waals surface area contributed by atoms with Gasteiger partial charge in [-0.25, -0.2) is 0 Å². The fourth-order valence-corrected chi connectivity index (χ4v) is 0.855. The van der Waals surface area contributed by atoms with Crippen LogP contribution in [0.15, 0.2) is 53.2 Å². The normalized spacial score (nSPS) is 30.1. The number of aliphatic imine (C=N–C) groups is 1. The molecule has 0 aromatic carbocycles. The summed E-state index contributed by atoms with van der Waals surface area (Å²) in [5.41, 5.74) is 1.96. The Hall–Kier alpha value is -1.37. The molecule has 1 aliphatic rings. The van der Waals surface area contributed by atoms with E-state index in [1.165, 1.54) is 0 Å². The number of hydrogen-bond donors (Lipinski definition) is 0. The number of allylic oxidation sites excluding steroid dienone is 7. The molecule has 0 aromatic heterocycles. The van der Waals surface area contributed by atoms with Gasteiger partial charge in [-0.05, 0) is 18.9 Å². The van der Waals surface area contributed by atoms with Crippen molar-refractivity contribution in [2.24, 2.45) is 4.99 Å². The Morgan fingerprint density at radius 3 is 3.08 bits per heavy atom. The van der Waals surface area contributed by atoms with Crippen molar-refractivity contribution in [3.05, 3.63) is 48.2 Å². The maximum atomic E-state index is 4.22. The van der Waals surface area contributed by atoms with Crippen LogP contribution >= 0.6 is 0 Å². The van der Waals surface area contributed by atoms with Crippen LogP contribution in [0.5, 0.6) is 0 Å². The van der Waals surface area contributed by atoms with E-state index in [9.17, 15) is 0 Å². The van der Waals surface area contributed by atoms with Crippen molar-refractivity contribution in [3.63, 3.8) is 0 Å². The van der Waals surface area contributed by atoms with Crippen molar-refractivity contribution < 1.29 is 0 Å². The first-order valence-electron chi connectivity index (χ1n) is 4.02. The molecule has 62 valence electrons. The van der Waals surface area contributed by atoms with Crippen molar-refractivity contribution in [3.8, 4) is 0 Å². The molecular weight excluding hydrogens is 146 g/mol. The molecule has 0 N–H and O–H groups in total. The Morgan fingerprint density at radius 1 is 1.42 bits per heavy atom. The summed E-state index contributed by atoms with van der Waals surface area (Å²) in [5.74, 6) is 0. The van der Waals surface area contributed by atoms with Gasteiger partial charge in [0.1, 0.15) is 0 Å². The molecule has 1 heterocycles. The minimum absolute atomic E-state index is 0.925. The molecule has 0 spiro atoms. The lowest BCUT2D eigenvalue weighted by Gasteiger charge is -1.93. The van der Waals surface area contributed by atoms with Crippen molar-refractivity contribution in [2.45, 2.75) is 13.3 Å². The van der Waals surface area contributed by atoms with Crippen molar-refractivity contribution in [1.82, 2.24) is 0 Å². The molecule has 0 amide bonds. The second-order valence-corrected chi connectivity index (χ2v) is 2.70. The summed E-state index contributed by atoms with van der Waals surface area (Å²) < 4.78 is 0. The first kappa shape index (κ1) is 8.72. The van der Waals surface area contributed by atoms with Crippen molar-refractivity contribution in [1.29, 1.82) is 0 Å². The summed E-state index contributed by atoms with van der Waals surface area (Å²) in [4.78, 5) is 4.22. The van der Waals surface area contributed by atoms with Crippen LogP contribution in [0.25, 0.3) is 0 Å². The van der Waals surface area contributed by atoms with Crippen molar-refractivity contribution >= 4 is 6.21 Å². The largest absolute Gasteiger partial charge is 0.261 e. The van der Waals surface area contributed by atoms with Gasteiger partial charge >= 0.3 is 0 Å². The lowest BCUT2D eigenvalue weighted by molar-refractivity contribution is 1.24. The Balaban J connectivity index is 2.80. The van der Waals surface area contributed by atoms with Crippen LogP contribution in [0.1, 0.15) is 13.3 Å². The van der Waals surface area contributed by atoms with Gasteiger partial charge in [0.25, 0.3) is 0 Å². The summed E-state index contributed by atoms with van der Waals surface area (Å²) in [6.45, 7) is 5.81. The minimum Gasteiger partial charge on any atom is -0.261 e. The lowest BCUT2D eigenvalue weighted by Crippen LogP contribution is -1.79. The monoisotopic (exact) mass is 159 g/mol.